The number of fused-ring (bicyclic) bond motifs is 1. The lowest BCUT2D eigenvalue weighted by molar-refractivity contribution is -0.110. The van der Waals surface area contributed by atoms with E-state index in [1.54, 1.807) is 13.3 Å². The van der Waals surface area contributed by atoms with Crippen LogP contribution in [0.2, 0.25) is 0 Å². The molecule has 1 saturated heterocycles. The molecule has 1 aromatic carbocycles. The molecule has 1 aliphatic heterocycles. The number of benzene rings is 1. The van der Waals surface area contributed by atoms with Gasteiger partial charge in [-0.3, -0.25) is 9.20 Å². The van der Waals surface area contributed by atoms with Crippen LogP contribution in [0.1, 0.15) is 10.5 Å². The fourth-order valence-corrected chi connectivity index (χ4v) is 3.32. The zero-order valence-electron chi connectivity index (χ0n) is 17.6. The van der Waals surface area contributed by atoms with E-state index in [1.165, 1.54) is 0 Å². The molecule has 9 nitrogen and oxygen atoms in total. The van der Waals surface area contributed by atoms with Gasteiger partial charge in [0.25, 0.3) is 5.91 Å². The molecule has 4 rings (SSSR count). The number of anilines is 1. The van der Waals surface area contributed by atoms with E-state index in [4.69, 9.17) is 19.4 Å². The van der Waals surface area contributed by atoms with E-state index < -0.39 is 0 Å². The van der Waals surface area contributed by atoms with Crippen LogP contribution in [-0.2, 0) is 9.53 Å². The van der Waals surface area contributed by atoms with Crippen LogP contribution in [0.4, 0.5) is 5.69 Å². The first kappa shape index (κ1) is 22.3. The number of methoxy groups -OCH3 is 1. The van der Waals surface area contributed by atoms with Gasteiger partial charge in [-0.05, 0) is 35.4 Å². The van der Waals surface area contributed by atoms with Gasteiger partial charge in [-0.15, -0.1) is 0 Å². The zero-order valence-corrected chi connectivity index (χ0v) is 17.6. The first-order chi connectivity index (χ1) is 15.1. The minimum atomic E-state index is -0.361. The number of amides is 1. The number of aliphatic hydroxyl groups excluding tert-OH is 1. The van der Waals surface area contributed by atoms with Crippen LogP contribution in [0.5, 0.6) is 5.75 Å². The molecule has 3 heterocycles. The van der Waals surface area contributed by atoms with Crippen molar-refractivity contribution < 1.29 is 24.2 Å². The Morgan fingerprint density at radius 3 is 2.61 bits per heavy atom. The van der Waals surface area contributed by atoms with E-state index in [1.807, 2.05) is 52.9 Å². The molecule has 1 aliphatic rings. The number of ether oxygens (including phenoxy) is 2. The summed E-state index contributed by atoms with van der Waals surface area (Å²) in [5.41, 5.74) is 4.25. The van der Waals surface area contributed by atoms with Crippen LogP contribution >= 0.6 is 0 Å². The van der Waals surface area contributed by atoms with E-state index in [2.05, 4.69) is 10.3 Å². The van der Waals surface area contributed by atoms with Crippen molar-refractivity contribution in [2.24, 2.45) is 0 Å². The third-order valence-electron chi connectivity index (χ3n) is 4.90. The van der Waals surface area contributed by atoms with Crippen LogP contribution in [0, 0.1) is 0 Å². The molecule has 0 bridgehead atoms. The molecule has 2 N–H and O–H groups in total. The van der Waals surface area contributed by atoms with Gasteiger partial charge in [0, 0.05) is 26.3 Å². The van der Waals surface area contributed by atoms with Crippen LogP contribution in [0.25, 0.3) is 16.8 Å². The third-order valence-corrected chi connectivity index (χ3v) is 4.90. The Hall–Kier alpha value is -3.43. The molecule has 0 unspecified atom stereocenters. The van der Waals surface area contributed by atoms with Crippen LogP contribution in [0.3, 0.4) is 0 Å². The van der Waals surface area contributed by atoms with E-state index in [-0.39, 0.29) is 12.5 Å². The van der Waals surface area contributed by atoms with Crippen molar-refractivity contribution >= 4 is 23.5 Å². The molecule has 9 heteroatoms. The van der Waals surface area contributed by atoms with Crippen molar-refractivity contribution in [3.8, 4) is 16.9 Å². The van der Waals surface area contributed by atoms with E-state index in [0.29, 0.717) is 38.3 Å². The van der Waals surface area contributed by atoms with Crippen molar-refractivity contribution in [3.63, 3.8) is 0 Å². The predicted octanol–water partition coefficient (Wildman–Crippen LogP) is 1.70. The summed E-state index contributed by atoms with van der Waals surface area (Å²) in [6.07, 6.45) is 4.03. The van der Waals surface area contributed by atoms with Crippen molar-refractivity contribution in [1.82, 2.24) is 14.3 Å². The number of aldehydes is 1. The standard InChI is InChI=1S/C20H22N4O3.C2H4O2/c1-21-16-11-14(3-5-18(16)26-2)15-4-6-19-22-12-17(24(19)13-15)20(25)23-7-9-27-10-8-23;3-1-2-4/h3-6,11-13,21H,7-10H2,1-2H3;1,4H,2H2. The summed E-state index contributed by atoms with van der Waals surface area (Å²) in [5.74, 6) is 0.765. The van der Waals surface area contributed by atoms with Crippen LogP contribution in [-0.4, -0.2) is 78.7 Å². The number of imidazole rings is 1. The number of hydrogen-bond acceptors (Lipinski definition) is 7. The highest BCUT2D eigenvalue weighted by molar-refractivity contribution is 5.93. The maximum atomic E-state index is 12.9. The normalized spacial score (nSPS) is 13.3. The lowest BCUT2D eigenvalue weighted by atomic mass is 10.1. The predicted molar refractivity (Wildman–Crippen MR) is 117 cm³/mol. The molecule has 2 aromatic heterocycles. The topological polar surface area (TPSA) is 105 Å². The van der Waals surface area contributed by atoms with Gasteiger partial charge < -0.3 is 29.6 Å². The Morgan fingerprint density at radius 2 is 1.97 bits per heavy atom. The largest absolute Gasteiger partial charge is 0.495 e. The molecule has 0 saturated carbocycles. The van der Waals surface area contributed by atoms with Crippen LogP contribution in [0.15, 0.2) is 42.7 Å². The Balaban J connectivity index is 0.000000628. The maximum Gasteiger partial charge on any atom is 0.272 e. The van der Waals surface area contributed by atoms with E-state index in [9.17, 15) is 4.79 Å². The van der Waals surface area contributed by atoms with Crippen molar-refractivity contribution in [2.45, 2.75) is 0 Å². The second-order valence-corrected chi connectivity index (χ2v) is 6.71. The fourth-order valence-electron chi connectivity index (χ4n) is 3.32. The highest BCUT2D eigenvalue weighted by Gasteiger charge is 2.21. The summed E-state index contributed by atoms with van der Waals surface area (Å²) in [6, 6.07) is 9.89. The number of aromatic nitrogens is 2. The summed E-state index contributed by atoms with van der Waals surface area (Å²) in [7, 11) is 3.51. The quantitative estimate of drug-likeness (QED) is 0.598. The van der Waals surface area contributed by atoms with Gasteiger partial charge in [0.05, 0.1) is 38.8 Å². The smallest absolute Gasteiger partial charge is 0.272 e. The fraction of sp³-hybridized carbons (Fsp3) is 0.318. The SMILES string of the molecule is CNc1cc(-c2ccc3ncc(C(=O)N4CCOCC4)n3c2)ccc1OC.O=CCO. The second-order valence-electron chi connectivity index (χ2n) is 6.71. The van der Waals surface area contributed by atoms with Crippen molar-refractivity contribution in [3.05, 3.63) is 48.4 Å². The lowest BCUT2D eigenvalue weighted by Crippen LogP contribution is -2.41. The van der Waals surface area contributed by atoms with Gasteiger partial charge >= 0.3 is 0 Å². The molecular weight excluding hydrogens is 400 g/mol. The van der Waals surface area contributed by atoms with Gasteiger partial charge in [0.15, 0.2) is 0 Å². The highest BCUT2D eigenvalue weighted by Crippen LogP contribution is 2.30. The first-order valence-corrected chi connectivity index (χ1v) is 9.87. The van der Waals surface area contributed by atoms with Gasteiger partial charge in [0.1, 0.15) is 23.4 Å². The number of pyridine rings is 1. The number of rotatable bonds is 5. The Labute approximate surface area is 180 Å². The molecule has 31 heavy (non-hydrogen) atoms. The van der Waals surface area contributed by atoms with Gasteiger partial charge in [-0.2, -0.15) is 0 Å². The number of hydrogen-bond donors (Lipinski definition) is 2. The number of carbonyl (C=O) groups is 2. The molecule has 0 spiro atoms. The van der Waals surface area contributed by atoms with Crippen LogP contribution < -0.4 is 10.1 Å². The number of nitrogens with one attached hydrogen (secondary N) is 1. The van der Waals surface area contributed by atoms with Gasteiger partial charge in [0.2, 0.25) is 0 Å². The van der Waals surface area contributed by atoms with Crippen molar-refractivity contribution in [2.75, 3.05) is 52.4 Å². The summed E-state index contributed by atoms with van der Waals surface area (Å²) in [6.45, 7) is 2.00. The molecule has 0 atom stereocenters. The van der Waals surface area contributed by atoms with E-state index in [0.717, 1.165) is 28.2 Å². The van der Waals surface area contributed by atoms with Gasteiger partial charge in [-0.25, -0.2) is 4.98 Å². The maximum absolute atomic E-state index is 12.9. The number of nitrogens with zero attached hydrogens (tertiary/aromatic N) is 3. The summed E-state index contributed by atoms with van der Waals surface area (Å²) < 4.78 is 12.6. The van der Waals surface area contributed by atoms with E-state index >= 15 is 0 Å². The molecule has 1 fully saturated rings. The Bertz CT molecular complexity index is 1040. The highest BCUT2D eigenvalue weighted by atomic mass is 16.5. The summed E-state index contributed by atoms with van der Waals surface area (Å²) >= 11 is 0. The molecule has 3 aromatic rings. The molecule has 0 radical (unpaired) electrons. The second kappa shape index (κ2) is 10.6. The van der Waals surface area contributed by atoms with Gasteiger partial charge in [-0.1, -0.05) is 6.07 Å². The minimum absolute atomic E-state index is 0.0198. The number of carbonyl (C=O) groups excluding carboxylic acids is 2. The zero-order chi connectivity index (χ0) is 22.2. The average molecular weight is 426 g/mol. The average Bonchev–Trinajstić information content (AvgIpc) is 3.27. The lowest BCUT2D eigenvalue weighted by Gasteiger charge is -2.26. The van der Waals surface area contributed by atoms with Crippen molar-refractivity contribution in [1.29, 1.82) is 0 Å². The summed E-state index contributed by atoms with van der Waals surface area (Å²) in [5, 5.41) is 10.7. The molecule has 0 aliphatic carbocycles. The Kier molecular flexibility index (Phi) is 7.58. The minimum Gasteiger partial charge on any atom is -0.495 e. The third kappa shape index (κ3) is 5.01. The number of morpholine rings is 1. The molecular formula is C22H26N4O5. The first-order valence-electron chi connectivity index (χ1n) is 9.87. The Morgan fingerprint density at radius 1 is 1.26 bits per heavy atom. The number of aliphatic hydroxyl groups is 1. The molecule has 1 amide bonds. The molecule has 164 valence electrons. The monoisotopic (exact) mass is 426 g/mol. The summed E-state index contributed by atoms with van der Waals surface area (Å²) in [4.78, 5) is 28.0.